The van der Waals surface area contributed by atoms with Crippen LogP contribution in [0.3, 0.4) is 0 Å². The van der Waals surface area contributed by atoms with Gasteiger partial charge in [0, 0.05) is 6.20 Å². The molecular formula is C12H10IN3O2S. The summed E-state index contributed by atoms with van der Waals surface area (Å²) in [4.78, 5) is 0.174. The number of hydrogen-bond acceptors (Lipinski definition) is 4. The van der Waals surface area contributed by atoms with Crippen molar-refractivity contribution in [3.8, 4) is 6.07 Å². The predicted octanol–water partition coefficient (Wildman–Crippen LogP) is 1.83. The van der Waals surface area contributed by atoms with Crippen molar-refractivity contribution in [1.82, 2.24) is 9.78 Å². The zero-order valence-electron chi connectivity index (χ0n) is 9.82. The van der Waals surface area contributed by atoms with Crippen molar-refractivity contribution in [1.29, 1.82) is 5.26 Å². The quantitative estimate of drug-likeness (QED) is 0.751. The first-order chi connectivity index (χ1) is 9.01. The van der Waals surface area contributed by atoms with Gasteiger partial charge in [-0.15, -0.1) is 0 Å². The maximum atomic E-state index is 12.1. The number of rotatable bonds is 4. The number of aryl methyl sites for hydroxylation is 1. The lowest BCUT2D eigenvalue weighted by Crippen LogP contribution is -2.13. The zero-order chi connectivity index (χ0) is 13.9. The molecule has 0 atom stereocenters. The summed E-state index contributed by atoms with van der Waals surface area (Å²) in [6.07, 6.45) is 3.45. The molecule has 1 aromatic carbocycles. The van der Waals surface area contributed by atoms with E-state index in [2.05, 4.69) is 27.7 Å². The number of hydrogen-bond donors (Lipinski definition) is 0. The fraction of sp³-hybridized carbons (Fsp3) is 0.167. The van der Waals surface area contributed by atoms with Crippen LogP contribution < -0.4 is 0 Å². The molecule has 1 aromatic heterocycles. The van der Waals surface area contributed by atoms with E-state index in [1.807, 2.05) is 6.07 Å². The average molecular weight is 387 g/mol. The fourth-order valence-corrected chi connectivity index (χ4v) is 3.25. The summed E-state index contributed by atoms with van der Waals surface area (Å²) in [5, 5.41) is 12.8. The molecule has 98 valence electrons. The second-order valence-electron chi connectivity index (χ2n) is 3.88. The van der Waals surface area contributed by atoms with Gasteiger partial charge in [-0.2, -0.15) is 10.4 Å². The van der Waals surface area contributed by atoms with Gasteiger partial charge < -0.3 is 0 Å². The monoisotopic (exact) mass is 387 g/mol. The van der Waals surface area contributed by atoms with Gasteiger partial charge in [-0.1, -0.05) is 6.07 Å². The molecule has 0 saturated heterocycles. The second kappa shape index (κ2) is 5.71. The van der Waals surface area contributed by atoms with Gasteiger partial charge in [-0.3, -0.25) is 4.68 Å². The Bertz CT molecular complexity index is 731. The third-order valence-electron chi connectivity index (χ3n) is 2.51. The fourth-order valence-electron chi connectivity index (χ4n) is 1.55. The number of benzene rings is 1. The molecule has 7 heteroatoms. The van der Waals surface area contributed by atoms with Crippen molar-refractivity contribution in [2.24, 2.45) is 0 Å². The molecule has 0 fully saturated rings. The minimum Gasteiger partial charge on any atom is -0.271 e. The molecule has 0 bridgehead atoms. The van der Waals surface area contributed by atoms with Crippen molar-refractivity contribution >= 4 is 32.4 Å². The Kier molecular flexibility index (Phi) is 4.21. The van der Waals surface area contributed by atoms with Gasteiger partial charge in [-0.05, 0) is 40.8 Å². The lowest BCUT2D eigenvalue weighted by atomic mass is 10.2. The molecule has 0 radical (unpaired) electrons. The van der Waals surface area contributed by atoms with Gasteiger partial charge in [0.15, 0.2) is 9.84 Å². The van der Waals surface area contributed by atoms with E-state index in [4.69, 9.17) is 5.26 Å². The first-order valence-corrected chi connectivity index (χ1v) is 8.15. The Hall–Kier alpha value is -1.40. The summed E-state index contributed by atoms with van der Waals surface area (Å²) in [5.74, 6) is -0.0420. The first-order valence-electron chi connectivity index (χ1n) is 5.42. The molecule has 0 aliphatic carbocycles. The molecule has 5 nitrogen and oxygen atoms in total. The van der Waals surface area contributed by atoms with Crippen molar-refractivity contribution in [3.63, 3.8) is 0 Å². The highest BCUT2D eigenvalue weighted by atomic mass is 127. The van der Waals surface area contributed by atoms with E-state index in [0.717, 1.165) is 3.57 Å². The molecular weight excluding hydrogens is 377 g/mol. The molecule has 2 rings (SSSR count). The predicted molar refractivity (Wildman–Crippen MR) is 78.2 cm³/mol. The number of nitriles is 1. The zero-order valence-corrected chi connectivity index (χ0v) is 12.8. The number of nitrogens with zero attached hydrogens (tertiary/aromatic N) is 3. The first kappa shape index (κ1) is 14.0. The molecule has 19 heavy (non-hydrogen) atoms. The normalized spacial score (nSPS) is 11.2. The van der Waals surface area contributed by atoms with Gasteiger partial charge in [0.2, 0.25) is 0 Å². The minimum absolute atomic E-state index is 0.0420. The third kappa shape index (κ3) is 3.54. The Labute approximate surface area is 124 Å². The minimum atomic E-state index is -3.40. The van der Waals surface area contributed by atoms with Crippen LogP contribution in [0.15, 0.2) is 41.6 Å². The van der Waals surface area contributed by atoms with Gasteiger partial charge in [0.1, 0.15) is 0 Å². The summed E-state index contributed by atoms with van der Waals surface area (Å²) < 4.78 is 26.8. The Morgan fingerprint density at radius 1 is 1.42 bits per heavy atom. The molecule has 0 saturated carbocycles. The van der Waals surface area contributed by atoms with E-state index in [-0.39, 0.29) is 10.6 Å². The van der Waals surface area contributed by atoms with E-state index in [1.165, 1.54) is 12.1 Å². The lowest BCUT2D eigenvalue weighted by Gasteiger charge is -2.05. The van der Waals surface area contributed by atoms with Crippen LogP contribution in [-0.2, 0) is 16.4 Å². The van der Waals surface area contributed by atoms with Gasteiger partial charge in [-0.25, -0.2) is 8.42 Å². The summed E-state index contributed by atoms with van der Waals surface area (Å²) in [7, 11) is -3.40. The van der Waals surface area contributed by atoms with E-state index in [9.17, 15) is 8.42 Å². The maximum absolute atomic E-state index is 12.1. The molecule has 2 aromatic rings. The van der Waals surface area contributed by atoms with Crippen LogP contribution in [0.4, 0.5) is 0 Å². The topological polar surface area (TPSA) is 75.8 Å². The largest absolute Gasteiger partial charge is 0.271 e. The van der Waals surface area contributed by atoms with Crippen molar-refractivity contribution in [3.05, 3.63) is 45.8 Å². The average Bonchev–Trinajstić information content (AvgIpc) is 2.82. The molecule has 1 heterocycles. The molecule has 0 N–H and O–H groups in total. The second-order valence-corrected chi connectivity index (χ2v) is 7.23. The lowest BCUT2D eigenvalue weighted by molar-refractivity contribution is 0.580. The maximum Gasteiger partial charge on any atom is 0.180 e. The smallest absolute Gasteiger partial charge is 0.180 e. The number of halogens is 1. The van der Waals surface area contributed by atoms with Crippen LogP contribution in [0, 0.1) is 14.9 Å². The molecule has 0 unspecified atom stereocenters. The molecule has 0 aliphatic heterocycles. The standard InChI is InChI=1S/C12H10IN3O2S/c13-11-8-15-16(9-11)4-5-19(17,18)12-3-1-2-10(6-12)7-14/h1-3,6,8-9H,4-5H2. The molecule has 0 aliphatic rings. The highest BCUT2D eigenvalue weighted by Gasteiger charge is 2.15. The van der Waals surface area contributed by atoms with Crippen molar-refractivity contribution in [2.75, 3.05) is 5.75 Å². The summed E-state index contributed by atoms with van der Waals surface area (Å²) in [6.45, 7) is 0.294. The molecule has 0 spiro atoms. The van der Waals surface area contributed by atoms with Gasteiger partial charge in [0.25, 0.3) is 0 Å². The van der Waals surface area contributed by atoms with Gasteiger partial charge >= 0.3 is 0 Å². The van der Waals surface area contributed by atoms with Crippen LogP contribution >= 0.6 is 22.6 Å². The van der Waals surface area contributed by atoms with Crippen molar-refractivity contribution in [2.45, 2.75) is 11.4 Å². The SMILES string of the molecule is N#Cc1cccc(S(=O)(=O)CCn2cc(I)cn2)c1. The third-order valence-corrected chi connectivity index (χ3v) is 4.76. The highest BCUT2D eigenvalue weighted by molar-refractivity contribution is 14.1. The summed E-state index contributed by atoms with van der Waals surface area (Å²) in [5.41, 5.74) is 0.342. The van der Waals surface area contributed by atoms with E-state index in [1.54, 1.807) is 29.2 Å². The van der Waals surface area contributed by atoms with Crippen LogP contribution in [0.5, 0.6) is 0 Å². The van der Waals surface area contributed by atoms with Crippen LogP contribution in [-0.4, -0.2) is 24.0 Å². The highest BCUT2D eigenvalue weighted by Crippen LogP contribution is 2.13. The number of sulfone groups is 1. The van der Waals surface area contributed by atoms with E-state index >= 15 is 0 Å². The van der Waals surface area contributed by atoms with E-state index < -0.39 is 9.84 Å². The molecule has 0 amide bonds. The van der Waals surface area contributed by atoms with Crippen molar-refractivity contribution < 1.29 is 8.42 Å². The Morgan fingerprint density at radius 3 is 2.84 bits per heavy atom. The van der Waals surface area contributed by atoms with Crippen LogP contribution in [0.25, 0.3) is 0 Å². The van der Waals surface area contributed by atoms with Gasteiger partial charge in [0.05, 0.1) is 38.6 Å². The number of aromatic nitrogens is 2. The Balaban J connectivity index is 2.16. The Morgan fingerprint density at radius 2 is 2.21 bits per heavy atom. The summed E-state index contributed by atoms with van der Waals surface area (Å²) in [6, 6.07) is 7.98. The van der Waals surface area contributed by atoms with E-state index in [0.29, 0.717) is 12.1 Å². The van der Waals surface area contributed by atoms with Crippen LogP contribution in [0.1, 0.15) is 5.56 Å². The van der Waals surface area contributed by atoms with Crippen LogP contribution in [0.2, 0.25) is 0 Å². The summed E-state index contributed by atoms with van der Waals surface area (Å²) >= 11 is 2.11.